The van der Waals surface area contributed by atoms with Gasteiger partial charge in [-0.2, -0.15) is 0 Å². The molecule has 0 amide bonds. The molecule has 14 heavy (non-hydrogen) atoms. The second kappa shape index (κ2) is 3.84. The van der Waals surface area contributed by atoms with Crippen LogP contribution in [-0.2, 0) is 7.05 Å². The van der Waals surface area contributed by atoms with Gasteiger partial charge in [-0.05, 0) is 27.4 Å². The molecule has 0 radical (unpaired) electrons. The summed E-state index contributed by atoms with van der Waals surface area (Å²) < 4.78 is 2.96. The lowest BCUT2D eigenvalue weighted by molar-refractivity contribution is 0.849. The topological polar surface area (TPSA) is 43.8 Å². The van der Waals surface area contributed by atoms with Crippen LogP contribution in [0.5, 0.6) is 0 Å². The van der Waals surface area contributed by atoms with Crippen molar-refractivity contribution >= 4 is 27.3 Å². The maximum absolute atomic E-state index is 6.08. The van der Waals surface area contributed by atoms with Gasteiger partial charge < -0.3 is 10.3 Å². The largest absolute Gasteiger partial charge is 0.340 e. The lowest BCUT2D eigenvalue weighted by Crippen LogP contribution is -2.11. The van der Waals surface area contributed by atoms with Crippen LogP contribution in [-0.4, -0.2) is 9.55 Å². The van der Waals surface area contributed by atoms with Gasteiger partial charge >= 0.3 is 0 Å². The number of hydrogen-bond acceptors (Lipinski definition) is 3. The van der Waals surface area contributed by atoms with Gasteiger partial charge in [0, 0.05) is 22.6 Å². The van der Waals surface area contributed by atoms with Gasteiger partial charge in [-0.3, -0.25) is 0 Å². The standard InChI is InChI=1S/C9H10BrN3S/c1-13-4-7(12-5-13)8(11)9-6(10)2-3-14-9/h2-5,8H,11H2,1H3. The highest BCUT2D eigenvalue weighted by Crippen LogP contribution is 2.30. The summed E-state index contributed by atoms with van der Waals surface area (Å²) in [5, 5.41) is 2.02. The molecule has 0 aliphatic carbocycles. The van der Waals surface area contributed by atoms with Crippen molar-refractivity contribution in [1.82, 2.24) is 9.55 Å². The highest BCUT2D eigenvalue weighted by atomic mass is 79.9. The number of imidazole rings is 1. The monoisotopic (exact) mass is 271 g/mol. The van der Waals surface area contributed by atoms with Crippen LogP contribution < -0.4 is 5.73 Å². The third kappa shape index (κ3) is 1.75. The summed E-state index contributed by atoms with van der Waals surface area (Å²) in [5.41, 5.74) is 6.98. The zero-order valence-electron chi connectivity index (χ0n) is 7.64. The van der Waals surface area contributed by atoms with Crippen LogP contribution in [0.25, 0.3) is 0 Å². The zero-order valence-corrected chi connectivity index (χ0v) is 10.0. The van der Waals surface area contributed by atoms with E-state index in [1.807, 2.05) is 29.3 Å². The van der Waals surface area contributed by atoms with E-state index < -0.39 is 0 Å². The maximum Gasteiger partial charge on any atom is 0.0947 e. The summed E-state index contributed by atoms with van der Waals surface area (Å²) in [7, 11) is 1.94. The van der Waals surface area contributed by atoms with Crippen LogP contribution in [0.2, 0.25) is 0 Å². The van der Waals surface area contributed by atoms with Gasteiger partial charge in [-0.15, -0.1) is 11.3 Å². The SMILES string of the molecule is Cn1cnc(C(N)c2sccc2Br)c1. The Morgan fingerprint density at radius 2 is 2.43 bits per heavy atom. The fourth-order valence-corrected chi connectivity index (χ4v) is 2.89. The van der Waals surface area contributed by atoms with Gasteiger partial charge in [0.2, 0.25) is 0 Å². The van der Waals surface area contributed by atoms with Crippen LogP contribution in [0.15, 0.2) is 28.4 Å². The summed E-state index contributed by atoms with van der Waals surface area (Å²) in [5.74, 6) is 0. The minimum absolute atomic E-state index is 0.134. The van der Waals surface area contributed by atoms with E-state index in [2.05, 4.69) is 20.9 Å². The first kappa shape index (κ1) is 9.89. The van der Waals surface area contributed by atoms with Crippen molar-refractivity contribution in [3.05, 3.63) is 39.0 Å². The molecule has 5 heteroatoms. The highest BCUT2D eigenvalue weighted by Gasteiger charge is 2.15. The van der Waals surface area contributed by atoms with E-state index in [4.69, 9.17) is 5.73 Å². The summed E-state index contributed by atoms with van der Waals surface area (Å²) in [6.07, 6.45) is 3.70. The number of halogens is 1. The predicted molar refractivity (Wildman–Crippen MR) is 61.3 cm³/mol. The van der Waals surface area contributed by atoms with E-state index in [9.17, 15) is 0 Å². The van der Waals surface area contributed by atoms with Crippen LogP contribution in [0.1, 0.15) is 16.6 Å². The summed E-state index contributed by atoms with van der Waals surface area (Å²) in [4.78, 5) is 5.35. The Kier molecular flexibility index (Phi) is 2.71. The molecule has 0 saturated carbocycles. The van der Waals surface area contributed by atoms with E-state index in [0.29, 0.717) is 0 Å². The smallest absolute Gasteiger partial charge is 0.0947 e. The Morgan fingerprint density at radius 3 is 2.93 bits per heavy atom. The lowest BCUT2D eigenvalue weighted by atomic mass is 10.2. The molecule has 0 spiro atoms. The van der Waals surface area contributed by atoms with E-state index in [1.54, 1.807) is 17.7 Å². The molecular formula is C9H10BrN3S. The molecule has 2 rings (SSSR count). The molecule has 0 aromatic carbocycles. The molecule has 0 aliphatic heterocycles. The molecule has 0 fully saturated rings. The number of aryl methyl sites for hydroxylation is 1. The molecule has 0 aliphatic rings. The average molecular weight is 272 g/mol. The van der Waals surface area contributed by atoms with Crippen molar-refractivity contribution in [2.45, 2.75) is 6.04 Å². The molecule has 0 bridgehead atoms. The molecule has 2 heterocycles. The quantitative estimate of drug-likeness (QED) is 0.911. The molecular weight excluding hydrogens is 262 g/mol. The van der Waals surface area contributed by atoms with Crippen molar-refractivity contribution in [1.29, 1.82) is 0 Å². The first-order chi connectivity index (χ1) is 6.68. The minimum atomic E-state index is -0.134. The van der Waals surface area contributed by atoms with Crippen LogP contribution in [0.3, 0.4) is 0 Å². The van der Waals surface area contributed by atoms with Gasteiger partial charge in [0.25, 0.3) is 0 Å². The molecule has 74 valence electrons. The fourth-order valence-electron chi connectivity index (χ4n) is 1.26. The third-order valence-corrected chi connectivity index (χ3v) is 3.92. The first-order valence-electron chi connectivity index (χ1n) is 4.15. The Balaban J connectivity index is 2.33. The number of nitrogens with zero attached hydrogens (tertiary/aromatic N) is 2. The summed E-state index contributed by atoms with van der Waals surface area (Å²) in [6, 6.07) is 1.87. The van der Waals surface area contributed by atoms with Gasteiger partial charge in [0.1, 0.15) is 0 Å². The Labute approximate surface area is 94.7 Å². The zero-order chi connectivity index (χ0) is 10.1. The Morgan fingerprint density at radius 1 is 1.64 bits per heavy atom. The van der Waals surface area contributed by atoms with E-state index >= 15 is 0 Å². The van der Waals surface area contributed by atoms with Crippen molar-refractivity contribution in [2.24, 2.45) is 12.8 Å². The number of hydrogen-bond donors (Lipinski definition) is 1. The summed E-state index contributed by atoms with van der Waals surface area (Å²) in [6.45, 7) is 0. The molecule has 2 aromatic rings. The molecule has 2 aromatic heterocycles. The summed E-state index contributed by atoms with van der Waals surface area (Å²) >= 11 is 5.11. The van der Waals surface area contributed by atoms with Gasteiger partial charge in [0.05, 0.1) is 18.1 Å². The predicted octanol–water partition coefficient (Wildman–Crippen LogP) is 2.29. The molecule has 1 atom stereocenters. The molecule has 2 N–H and O–H groups in total. The number of rotatable bonds is 2. The second-order valence-electron chi connectivity index (χ2n) is 3.07. The van der Waals surface area contributed by atoms with Crippen LogP contribution in [0, 0.1) is 0 Å². The molecule has 3 nitrogen and oxygen atoms in total. The lowest BCUT2D eigenvalue weighted by Gasteiger charge is -2.06. The van der Waals surface area contributed by atoms with Gasteiger partial charge in [-0.1, -0.05) is 0 Å². The first-order valence-corrected chi connectivity index (χ1v) is 5.82. The Bertz CT molecular complexity index is 435. The average Bonchev–Trinajstić information content (AvgIpc) is 2.73. The van der Waals surface area contributed by atoms with Crippen molar-refractivity contribution < 1.29 is 0 Å². The van der Waals surface area contributed by atoms with Crippen molar-refractivity contribution in [3.8, 4) is 0 Å². The van der Waals surface area contributed by atoms with Crippen molar-refractivity contribution in [3.63, 3.8) is 0 Å². The van der Waals surface area contributed by atoms with Gasteiger partial charge in [0.15, 0.2) is 0 Å². The molecule has 0 saturated heterocycles. The molecule has 1 unspecified atom stereocenters. The second-order valence-corrected chi connectivity index (χ2v) is 4.88. The van der Waals surface area contributed by atoms with E-state index in [-0.39, 0.29) is 6.04 Å². The number of nitrogens with two attached hydrogens (primary N) is 1. The van der Waals surface area contributed by atoms with Crippen LogP contribution in [0.4, 0.5) is 0 Å². The number of thiophene rings is 1. The van der Waals surface area contributed by atoms with Crippen molar-refractivity contribution in [2.75, 3.05) is 0 Å². The normalized spacial score (nSPS) is 13.1. The van der Waals surface area contributed by atoms with E-state index in [1.165, 1.54) is 0 Å². The Hall–Kier alpha value is -0.650. The van der Waals surface area contributed by atoms with Gasteiger partial charge in [-0.25, -0.2) is 4.98 Å². The fraction of sp³-hybridized carbons (Fsp3) is 0.222. The maximum atomic E-state index is 6.08. The minimum Gasteiger partial charge on any atom is -0.340 e. The van der Waals surface area contributed by atoms with E-state index in [0.717, 1.165) is 15.0 Å². The highest BCUT2D eigenvalue weighted by molar-refractivity contribution is 9.10. The third-order valence-electron chi connectivity index (χ3n) is 1.97. The van der Waals surface area contributed by atoms with Crippen LogP contribution >= 0.6 is 27.3 Å². The number of aromatic nitrogens is 2.